The molecule has 0 bridgehead atoms. The summed E-state index contributed by atoms with van der Waals surface area (Å²) in [6, 6.07) is 9.05. The number of carboxylic acid groups (broad SMARTS) is 1. The highest BCUT2D eigenvalue weighted by atomic mass is 127. The van der Waals surface area contributed by atoms with E-state index in [9.17, 15) is 14.9 Å². The van der Waals surface area contributed by atoms with Gasteiger partial charge in [-0.1, -0.05) is 0 Å². The molecule has 2 aromatic carbocycles. The van der Waals surface area contributed by atoms with E-state index in [1.54, 1.807) is 19.1 Å². The average molecular weight is 399 g/mol. The predicted molar refractivity (Wildman–Crippen MR) is 84.0 cm³/mol. The standard InChI is InChI=1S/C14H10INO5/c1-8-6-10(3-4-12(8)16(19)20)21-13-5-2-9(15)7-11(13)14(17)18/h2-7H,1H3,(H,17,18). The molecule has 2 rings (SSSR count). The normalized spacial score (nSPS) is 10.2. The molecule has 21 heavy (non-hydrogen) atoms. The summed E-state index contributed by atoms with van der Waals surface area (Å²) in [7, 11) is 0. The lowest BCUT2D eigenvalue weighted by Crippen LogP contribution is -2.01. The van der Waals surface area contributed by atoms with Crippen molar-refractivity contribution >= 4 is 34.2 Å². The third-order valence-electron chi connectivity index (χ3n) is 2.76. The van der Waals surface area contributed by atoms with Crippen LogP contribution in [0.5, 0.6) is 11.5 Å². The maximum atomic E-state index is 11.2. The number of hydrogen-bond donors (Lipinski definition) is 1. The van der Waals surface area contributed by atoms with Crippen LogP contribution in [0, 0.1) is 20.6 Å². The van der Waals surface area contributed by atoms with Crippen LogP contribution in [-0.2, 0) is 0 Å². The topological polar surface area (TPSA) is 89.7 Å². The largest absolute Gasteiger partial charge is 0.478 e. The summed E-state index contributed by atoms with van der Waals surface area (Å²) in [6.45, 7) is 1.59. The Kier molecular flexibility index (Phi) is 4.41. The smallest absolute Gasteiger partial charge is 0.339 e. The maximum absolute atomic E-state index is 11.2. The molecular weight excluding hydrogens is 389 g/mol. The maximum Gasteiger partial charge on any atom is 0.339 e. The molecule has 0 heterocycles. The lowest BCUT2D eigenvalue weighted by atomic mass is 10.2. The third-order valence-corrected chi connectivity index (χ3v) is 3.44. The van der Waals surface area contributed by atoms with Crippen LogP contribution in [0.4, 0.5) is 5.69 Å². The number of ether oxygens (including phenoxy) is 1. The second-order valence-electron chi connectivity index (χ2n) is 4.25. The highest BCUT2D eigenvalue weighted by Gasteiger charge is 2.15. The van der Waals surface area contributed by atoms with Gasteiger partial charge in [-0.05, 0) is 59.8 Å². The highest BCUT2D eigenvalue weighted by molar-refractivity contribution is 14.1. The minimum atomic E-state index is -1.10. The number of rotatable bonds is 4. The van der Waals surface area contributed by atoms with E-state index in [-0.39, 0.29) is 17.0 Å². The van der Waals surface area contributed by atoms with Gasteiger partial charge in [-0.2, -0.15) is 0 Å². The van der Waals surface area contributed by atoms with Crippen molar-refractivity contribution in [3.05, 3.63) is 61.2 Å². The first-order valence-corrected chi connectivity index (χ1v) is 6.92. The van der Waals surface area contributed by atoms with Gasteiger partial charge >= 0.3 is 5.97 Å². The quantitative estimate of drug-likeness (QED) is 0.477. The average Bonchev–Trinajstić information content (AvgIpc) is 2.40. The van der Waals surface area contributed by atoms with Crippen molar-refractivity contribution < 1.29 is 19.6 Å². The van der Waals surface area contributed by atoms with Crippen molar-refractivity contribution in [1.82, 2.24) is 0 Å². The van der Waals surface area contributed by atoms with E-state index in [4.69, 9.17) is 9.84 Å². The summed E-state index contributed by atoms with van der Waals surface area (Å²) in [5, 5.41) is 19.9. The van der Waals surface area contributed by atoms with Crippen molar-refractivity contribution in [3.63, 3.8) is 0 Å². The molecular formula is C14H10INO5. The van der Waals surface area contributed by atoms with Gasteiger partial charge in [0.15, 0.2) is 0 Å². The van der Waals surface area contributed by atoms with E-state index < -0.39 is 10.9 Å². The number of nitrogens with zero attached hydrogens (tertiary/aromatic N) is 1. The van der Waals surface area contributed by atoms with E-state index in [1.807, 2.05) is 22.6 Å². The molecule has 0 aliphatic carbocycles. The van der Waals surface area contributed by atoms with Gasteiger partial charge in [0.05, 0.1) is 4.92 Å². The zero-order valence-corrected chi connectivity index (χ0v) is 13.0. The summed E-state index contributed by atoms with van der Waals surface area (Å²) in [6.07, 6.45) is 0. The summed E-state index contributed by atoms with van der Waals surface area (Å²) < 4.78 is 6.31. The Labute approximate surface area is 133 Å². The minimum Gasteiger partial charge on any atom is -0.478 e. The second-order valence-corrected chi connectivity index (χ2v) is 5.50. The molecule has 2 aromatic rings. The summed E-state index contributed by atoms with van der Waals surface area (Å²) in [5.41, 5.74) is 0.473. The summed E-state index contributed by atoms with van der Waals surface area (Å²) in [4.78, 5) is 21.5. The molecule has 0 aliphatic heterocycles. The predicted octanol–water partition coefficient (Wildman–Crippen LogP) is 4.00. The molecule has 108 valence electrons. The van der Waals surface area contributed by atoms with Crippen LogP contribution in [-0.4, -0.2) is 16.0 Å². The van der Waals surface area contributed by atoms with Gasteiger partial charge in [0.1, 0.15) is 17.1 Å². The van der Waals surface area contributed by atoms with E-state index in [0.29, 0.717) is 11.3 Å². The van der Waals surface area contributed by atoms with Crippen LogP contribution in [0.3, 0.4) is 0 Å². The number of carbonyl (C=O) groups is 1. The molecule has 7 heteroatoms. The number of benzene rings is 2. The monoisotopic (exact) mass is 399 g/mol. The second kappa shape index (κ2) is 6.08. The first kappa shape index (κ1) is 15.2. The van der Waals surface area contributed by atoms with Crippen LogP contribution >= 0.6 is 22.6 Å². The molecule has 1 N–H and O–H groups in total. The first-order valence-electron chi connectivity index (χ1n) is 5.84. The first-order chi connectivity index (χ1) is 9.88. The fraction of sp³-hybridized carbons (Fsp3) is 0.0714. The van der Waals surface area contributed by atoms with Crippen LogP contribution < -0.4 is 4.74 Å². The lowest BCUT2D eigenvalue weighted by Gasteiger charge is -2.09. The molecule has 0 saturated heterocycles. The minimum absolute atomic E-state index is 0.0107. The number of aromatic carboxylic acids is 1. The van der Waals surface area contributed by atoms with Crippen molar-refractivity contribution in [2.24, 2.45) is 0 Å². The van der Waals surface area contributed by atoms with Crippen LogP contribution in [0.1, 0.15) is 15.9 Å². The SMILES string of the molecule is Cc1cc(Oc2ccc(I)cc2C(=O)O)ccc1[N+](=O)[O-]. The van der Waals surface area contributed by atoms with Crippen molar-refractivity contribution in [1.29, 1.82) is 0 Å². The van der Waals surface area contributed by atoms with Gasteiger partial charge in [-0.3, -0.25) is 10.1 Å². The molecule has 0 saturated carbocycles. The van der Waals surface area contributed by atoms with Gasteiger partial charge in [-0.25, -0.2) is 4.79 Å². The van der Waals surface area contributed by atoms with Crippen LogP contribution in [0.25, 0.3) is 0 Å². The Morgan fingerprint density at radius 1 is 1.29 bits per heavy atom. The Bertz CT molecular complexity index is 729. The summed E-state index contributed by atoms with van der Waals surface area (Å²) in [5.74, 6) is -0.555. The van der Waals surface area contributed by atoms with Gasteiger partial charge in [0, 0.05) is 15.2 Å². The Balaban J connectivity index is 2.37. The third kappa shape index (κ3) is 3.48. The van der Waals surface area contributed by atoms with Gasteiger partial charge in [0.25, 0.3) is 5.69 Å². The zero-order valence-electron chi connectivity index (χ0n) is 10.9. The van der Waals surface area contributed by atoms with E-state index >= 15 is 0 Å². The molecule has 0 fully saturated rings. The van der Waals surface area contributed by atoms with Crippen molar-refractivity contribution in [3.8, 4) is 11.5 Å². The number of carboxylic acids is 1. The zero-order chi connectivity index (χ0) is 15.6. The Hall–Kier alpha value is -2.16. The Morgan fingerprint density at radius 2 is 2.00 bits per heavy atom. The van der Waals surface area contributed by atoms with Crippen molar-refractivity contribution in [2.45, 2.75) is 6.92 Å². The molecule has 0 aromatic heterocycles. The molecule has 0 radical (unpaired) electrons. The van der Waals surface area contributed by atoms with E-state index in [0.717, 1.165) is 3.57 Å². The number of halogens is 1. The lowest BCUT2D eigenvalue weighted by molar-refractivity contribution is -0.385. The van der Waals surface area contributed by atoms with Crippen LogP contribution in [0.15, 0.2) is 36.4 Å². The molecule has 0 atom stereocenters. The van der Waals surface area contributed by atoms with E-state index in [2.05, 4.69) is 0 Å². The molecule has 0 unspecified atom stereocenters. The molecule has 6 nitrogen and oxygen atoms in total. The molecule has 0 amide bonds. The number of aryl methyl sites for hydroxylation is 1. The summed E-state index contributed by atoms with van der Waals surface area (Å²) >= 11 is 2.01. The fourth-order valence-electron chi connectivity index (χ4n) is 1.78. The molecule has 0 spiro atoms. The van der Waals surface area contributed by atoms with Gasteiger partial charge in [-0.15, -0.1) is 0 Å². The van der Waals surface area contributed by atoms with E-state index in [1.165, 1.54) is 24.3 Å². The number of nitro groups is 1. The van der Waals surface area contributed by atoms with Crippen LogP contribution in [0.2, 0.25) is 0 Å². The highest BCUT2D eigenvalue weighted by Crippen LogP contribution is 2.30. The van der Waals surface area contributed by atoms with Gasteiger partial charge < -0.3 is 9.84 Å². The van der Waals surface area contributed by atoms with Gasteiger partial charge in [0.2, 0.25) is 0 Å². The van der Waals surface area contributed by atoms with Crippen molar-refractivity contribution in [2.75, 3.05) is 0 Å². The Morgan fingerprint density at radius 3 is 2.57 bits per heavy atom. The number of nitro benzene ring substituents is 1. The number of hydrogen-bond acceptors (Lipinski definition) is 4. The fourth-order valence-corrected chi connectivity index (χ4v) is 2.27. The molecule has 0 aliphatic rings.